The first-order valence-electron chi connectivity index (χ1n) is 6.83. The highest BCUT2D eigenvalue weighted by molar-refractivity contribution is 5.95. The molecule has 0 aliphatic carbocycles. The summed E-state index contributed by atoms with van der Waals surface area (Å²) in [6.07, 6.45) is 2.61. The van der Waals surface area contributed by atoms with Gasteiger partial charge >= 0.3 is 0 Å². The topological polar surface area (TPSA) is 60.1 Å². The van der Waals surface area contributed by atoms with E-state index in [-0.39, 0.29) is 11.3 Å². The van der Waals surface area contributed by atoms with Gasteiger partial charge < -0.3 is 9.73 Å². The first-order valence-corrected chi connectivity index (χ1v) is 6.83. The van der Waals surface area contributed by atoms with Crippen molar-refractivity contribution in [1.82, 2.24) is 15.1 Å². The van der Waals surface area contributed by atoms with Crippen LogP contribution in [0.25, 0.3) is 0 Å². The van der Waals surface area contributed by atoms with Gasteiger partial charge in [-0.25, -0.2) is 0 Å². The van der Waals surface area contributed by atoms with Crippen molar-refractivity contribution in [2.45, 2.75) is 33.7 Å². The third-order valence-corrected chi connectivity index (χ3v) is 3.57. The maximum Gasteiger partial charge on any atom is 0.254 e. The molecule has 0 saturated carbocycles. The lowest BCUT2D eigenvalue weighted by molar-refractivity contribution is 0.0944. The van der Waals surface area contributed by atoms with Gasteiger partial charge in [0.2, 0.25) is 0 Å². The SMILES string of the molecule is Cc1ccc(Cn2cc3c(n2)CC(C)(C)CNC3=O)o1. The van der Waals surface area contributed by atoms with E-state index in [1.165, 1.54) is 0 Å². The predicted octanol–water partition coefficient (Wildman–Crippen LogP) is 2.14. The number of rotatable bonds is 2. The Morgan fingerprint density at radius 2 is 2.25 bits per heavy atom. The normalized spacial score (nSPS) is 17.4. The molecule has 0 bridgehead atoms. The molecule has 1 aliphatic heterocycles. The van der Waals surface area contributed by atoms with Crippen LogP contribution in [0.5, 0.6) is 0 Å². The molecular formula is C15H19N3O2. The monoisotopic (exact) mass is 273 g/mol. The van der Waals surface area contributed by atoms with Crippen LogP contribution in [0.15, 0.2) is 22.7 Å². The van der Waals surface area contributed by atoms with Crippen LogP contribution in [0.3, 0.4) is 0 Å². The van der Waals surface area contributed by atoms with Crippen LogP contribution in [0.2, 0.25) is 0 Å². The molecule has 5 heteroatoms. The van der Waals surface area contributed by atoms with Crippen molar-refractivity contribution in [1.29, 1.82) is 0 Å². The third kappa shape index (κ3) is 2.48. The number of carbonyl (C=O) groups excluding carboxylic acids is 1. The molecule has 0 atom stereocenters. The Hall–Kier alpha value is -2.04. The highest BCUT2D eigenvalue weighted by atomic mass is 16.3. The molecule has 3 heterocycles. The van der Waals surface area contributed by atoms with Crippen molar-refractivity contribution in [3.8, 4) is 0 Å². The zero-order valence-electron chi connectivity index (χ0n) is 12.1. The van der Waals surface area contributed by atoms with E-state index in [1.54, 1.807) is 4.68 Å². The summed E-state index contributed by atoms with van der Waals surface area (Å²) in [6.45, 7) is 7.42. The van der Waals surface area contributed by atoms with Crippen molar-refractivity contribution in [3.63, 3.8) is 0 Å². The molecule has 106 valence electrons. The molecular weight excluding hydrogens is 254 g/mol. The van der Waals surface area contributed by atoms with Gasteiger partial charge in [0.1, 0.15) is 11.5 Å². The van der Waals surface area contributed by atoms with Crippen molar-refractivity contribution >= 4 is 5.91 Å². The smallest absolute Gasteiger partial charge is 0.254 e. The van der Waals surface area contributed by atoms with Crippen LogP contribution in [-0.4, -0.2) is 22.2 Å². The second kappa shape index (κ2) is 4.51. The summed E-state index contributed by atoms with van der Waals surface area (Å²) in [6, 6.07) is 3.87. The van der Waals surface area contributed by atoms with Crippen molar-refractivity contribution in [2.75, 3.05) is 6.54 Å². The second-order valence-corrected chi connectivity index (χ2v) is 6.22. The molecule has 2 aromatic heterocycles. The lowest BCUT2D eigenvalue weighted by Gasteiger charge is -2.21. The summed E-state index contributed by atoms with van der Waals surface area (Å²) in [7, 11) is 0. The molecule has 1 amide bonds. The number of aryl methyl sites for hydroxylation is 1. The van der Waals surface area contributed by atoms with E-state index < -0.39 is 0 Å². The van der Waals surface area contributed by atoms with Gasteiger partial charge in [-0.15, -0.1) is 0 Å². The summed E-state index contributed by atoms with van der Waals surface area (Å²) in [5.74, 6) is 1.69. The number of nitrogens with zero attached hydrogens (tertiary/aromatic N) is 2. The number of furan rings is 1. The van der Waals surface area contributed by atoms with Crippen LogP contribution in [-0.2, 0) is 13.0 Å². The Balaban J connectivity index is 1.89. The van der Waals surface area contributed by atoms with Gasteiger partial charge in [0.05, 0.1) is 17.8 Å². The Morgan fingerprint density at radius 1 is 1.45 bits per heavy atom. The first-order chi connectivity index (χ1) is 9.43. The van der Waals surface area contributed by atoms with Gasteiger partial charge in [0.15, 0.2) is 0 Å². The summed E-state index contributed by atoms with van der Waals surface area (Å²) in [5.41, 5.74) is 1.58. The molecule has 0 radical (unpaired) electrons. The number of carbonyl (C=O) groups is 1. The largest absolute Gasteiger partial charge is 0.464 e. The third-order valence-electron chi connectivity index (χ3n) is 3.57. The summed E-state index contributed by atoms with van der Waals surface area (Å²) in [5, 5.41) is 7.51. The maximum absolute atomic E-state index is 12.1. The average molecular weight is 273 g/mol. The molecule has 2 aromatic rings. The summed E-state index contributed by atoms with van der Waals surface area (Å²) >= 11 is 0. The molecule has 1 aliphatic rings. The quantitative estimate of drug-likeness (QED) is 0.912. The van der Waals surface area contributed by atoms with E-state index in [9.17, 15) is 4.79 Å². The van der Waals surface area contributed by atoms with E-state index in [0.717, 1.165) is 23.6 Å². The molecule has 0 unspecified atom stereocenters. The van der Waals surface area contributed by atoms with Crippen molar-refractivity contribution < 1.29 is 9.21 Å². The number of hydrogen-bond donors (Lipinski definition) is 1. The van der Waals surface area contributed by atoms with Crippen LogP contribution >= 0.6 is 0 Å². The van der Waals surface area contributed by atoms with E-state index in [2.05, 4.69) is 24.3 Å². The van der Waals surface area contributed by atoms with Crippen molar-refractivity contribution in [3.05, 3.63) is 41.1 Å². The van der Waals surface area contributed by atoms with E-state index in [4.69, 9.17) is 4.42 Å². The highest BCUT2D eigenvalue weighted by Crippen LogP contribution is 2.25. The van der Waals surface area contributed by atoms with Crippen LogP contribution in [0, 0.1) is 12.3 Å². The average Bonchev–Trinajstić information content (AvgIpc) is 2.91. The van der Waals surface area contributed by atoms with Gasteiger partial charge in [-0.3, -0.25) is 9.48 Å². The highest BCUT2D eigenvalue weighted by Gasteiger charge is 2.29. The molecule has 0 spiro atoms. The van der Waals surface area contributed by atoms with Gasteiger partial charge in [-0.05, 0) is 30.9 Å². The summed E-state index contributed by atoms with van der Waals surface area (Å²) in [4.78, 5) is 12.1. The predicted molar refractivity (Wildman–Crippen MR) is 74.6 cm³/mol. The first kappa shape index (κ1) is 13.0. The lowest BCUT2D eigenvalue weighted by Crippen LogP contribution is -2.31. The zero-order valence-corrected chi connectivity index (χ0v) is 12.1. The minimum absolute atomic E-state index is 0.0291. The van der Waals surface area contributed by atoms with Gasteiger partial charge in [0, 0.05) is 12.7 Å². The minimum atomic E-state index is -0.0348. The number of hydrogen-bond acceptors (Lipinski definition) is 3. The number of aromatic nitrogens is 2. The Kier molecular flexibility index (Phi) is 2.92. The lowest BCUT2D eigenvalue weighted by atomic mass is 9.88. The fourth-order valence-corrected chi connectivity index (χ4v) is 2.52. The van der Waals surface area contributed by atoms with Crippen LogP contribution in [0.1, 0.15) is 41.4 Å². The molecule has 1 N–H and O–H groups in total. The van der Waals surface area contributed by atoms with Gasteiger partial charge in [-0.2, -0.15) is 5.10 Å². The minimum Gasteiger partial charge on any atom is -0.464 e. The Bertz CT molecular complexity index is 652. The molecule has 0 saturated heterocycles. The number of amides is 1. The Morgan fingerprint density at radius 3 is 2.95 bits per heavy atom. The summed E-state index contributed by atoms with van der Waals surface area (Å²) < 4.78 is 7.33. The fraction of sp³-hybridized carbons (Fsp3) is 0.467. The number of nitrogens with one attached hydrogen (secondary N) is 1. The van der Waals surface area contributed by atoms with E-state index in [1.807, 2.05) is 25.3 Å². The van der Waals surface area contributed by atoms with E-state index in [0.29, 0.717) is 18.7 Å². The molecule has 0 aromatic carbocycles. The van der Waals surface area contributed by atoms with Crippen molar-refractivity contribution in [2.24, 2.45) is 5.41 Å². The number of fused-ring (bicyclic) bond motifs is 1. The van der Waals surface area contributed by atoms with Crippen LogP contribution in [0.4, 0.5) is 0 Å². The molecule has 0 fully saturated rings. The molecule has 5 nitrogen and oxygen atoms in total. The van der Waals surface area contributed by atoms with Crippen LogP contribution < -0.4 is 5.32 Å². The standard InChI is InChI=1S/C15H19N3O2/c1-10-4-5-11(20-10)7-18-8-12-13(17-18)6-15(2,3)9-16-14(12)19/h4-5,8H,6-7,9H2,1-3H3,(H,16,19). The fourth-order valence-electron chi connectivity index (χ4n) is 2.52. The van der Waals surface area contributed by atoms with Gasteiger partial charge in [0.25, 0.3) is 5.91 Å². The molecule has 20 heavy (non-hydrogen) atoms. The second-order valence-electron chi connectivity index (χ2n) is 6.22. The maximum atomic E-state index is 12.1. The Labute approximate surface area is 118 Å². The molecule has 3 rings (SSSR count). The zero-order chi connectivity index (χ0) is 14.3. The van der Waals surface area contributed by atoms with E-state index >= 15 is 0 Å². The van der Waals surface area contributed by atoms with Gasteiger partial charge in [-0.1, -0.05) is 13.8 Å².